The predicted molar refractivity (Wildman–Crippen MR) is 408 cm³/mol. The van der Waals surface area contributed by atoms with Gasteiger partial charge in [0.2, 0.25) is 0 Å². The summed E-state index contributed by atoms with van der Waals surface area (Å²) in [5, 5.41) is 15.2. The van der Waals surface area contributed by atoms with Crippen LogP contribution in [0, 0.1) is 13.8 Å². The molecule has 18 rings (SSSR count). The maximum Gasteiger partial charge on any atom is 0.0540 e. The maximum atomic E-state index is 2.49. The van der Waals surface area contributed by atoms with Crippen molar-refractivity contribution in [3.8, 4) is 55.6 Å². The van der Waals surface area contributed by atoms with Crippen LogP contribution in [0.5, 0.6) is 0 Å². The summed E-state index contributed by atoms with van der Waals surface area (Å²) in [4.78, 5) is 4.97. The number of hydrogen-bond donors (Lipinski definition) is 0. The van der Waals surface area contributed by atoms with E-state index in [9.17, 15) is 0 Å². The van der Waals surface area contributed by atoms with Crippen molar-refractivity contribution in [1.82, 2.24) is 0 Å². The zero-order valence-electron chi connectivity index (χ0n) is 51.9. The van der Waals surface area contributed by atoms with Crippen LogP contribution in [0.25, 0.3) is 139 Å². The van der Waals surface area contributed by atoms with Crippen LogP contribution in [0.1, 0.15) is 11.1 Å². The molecule has 0 bridgehead atoms. The molecule has 16 aromatic carbocycles. The fourth-order valence-corrected chi connectivity index (χ4v) is 17.3. The standard InChI is InChI=1S/C90H60N2S2/c1-57-53-61(45-51-83(57)91(85-37-15-11-29-73(85)77-33-19-35-79-75-31-13-17-39-87(75)93-89(77)79)65-47-41-59(42-48-65)81-55-63-21-3-5-23-67(63)69-25-7-9-27-71(69)81)62-46-52-84(58(2)54-62)92(86-38-16-12-30-74(86)78-34-20-36-80-76-32-14-18-40-88(76)94-90(78)80)66-49-43-60(44-50-66)82-56-64-22-4-6-24-68(64)70-26-8-10-28-72(70)82/h3-56H,1-2H3. The molecule has 0 saturated heterocycles. The van der Waals surface area contributed by atoms with Crippen molar-refractivity contribution in [3.63, 3.8) is 0 Å². The van der Waals surface area contributed by atoms with Gasteiger partial charge in [-0.2, -0.15) is 0 Å². The lowest BCUT2D eigenvalue weighted by molar-refractivity contribution is 1.25. The molecule has 2 aromatic heterocycles. The van der Waals surface area contributed by atoms with Crippen molar-refractivity contribution < 1.29 is 0 Å². The van der Waals surface area contributed by atoms with E-state index in [1.807, 2.05) is 22.7 Å². The van der Waals surface area contributed by atoms with Gasteiger partial charge in [-0.15, -0.1) is 22.7 Å². The monoisotopic (exact) mass is 1230 g/mol. The number of fused-ring (bicyclic) bond motifs is 12. The number of thiophene rings is 2. The summed E-state index contributed by atoms with van der Waals surface area (Å²) >= 11 is 3.76. The first kappa shape index (κ1) is 55.4. The molecule has 0 spiro atoms. The van der Waals surface area contributed by atoms with Gasteiger partial charge in [0, 0.05) is 85.3 Å². The Morgan fingerprint density at radius 1 is 0.213 bits per heavy atom. The summed E-state index contributed by atoms with van der Waals surface area (Å²) in [7, 11) is 0. The molecule has 442 valence electrons. The van der Waals surface area contributed by atoms with Crippen molar-refractivity contribution >= 4 is 140 Å². The van der Waals surface area contributed by atoms with Crippen LogP contribution < -0.4 is 9.80 Å². The van der Waals surface area contributed by atoms with E-state index in [2.05, 4.69) is 351 Å². The van der Waals surface area contributed by atoms with Crippen molar-refractivity contribution in [2.75, 3.05) is 9.80 Å². The molecular formula is C90H60N2S2. The molecule has 4 heteroatoms. The third-order valence-corrected chi connectivity index (χ3v) is 21.7. The smallest absolute Gasteiger partial charge is 0.0540 e. The van der Waals surface area contributed by atoms with Crippen LogP contribution in [0.2, 0.25) is 0 Å². The first-order chi connectivity index (χ1) is 46.5. The molecule has 0 atom stereocenters. The van der Waals surface area contributed by atoms with Crippen LogP contribution in [0.15, 0.2) is 328 Å². The van der Waals surface area contributed by atoms with E-state index >= 15 is 0 Å². The highest BCUT2D eigenvalue weighted by atomic mass is 32.1. The van der Waals surface area contributed by atoms with Gasteiger partial charge >= 0.3 is 0 Å². The van der Waals surface area contributed by atoms with Gasteiger partial charge in [-0.05, 0) is 186 Å². The number of rotatable bonds is 11. The minimum Gasteiger partial charge on any atom is -0.310 e. The molecule has 0 amide bonds. The van der Waals surface area contributed by atoms with Gasteiger partial charge < -0.3 is 9.80 Å². The van der Waals surface area contributed by atoms with Gasteiger partial charge in [0.1, 0.15) is 0 Å². The zero-order valence-corrected chi connectivity index (χ0v) is 53.5. The molecule has 0 aliphatic heterocycles. The number of benzene rings is 16. The fraction of sp³-hybridized carbons (Fsp3) is 0.0222. The highest BCUT2D eigenvalue weighted by molar-refractivity contribution is 7.26. The summed E-state index contributed by atoms with van der Waals surface area (Å²) in [6.07, 6.45) is 0. The van der Waals surface area contributed by atoms with E-state index < -0.39 is 0 Å². The number of hydrogen-bond acceptors (Lipinski definition) is 4. The van der Waals surface area contributed by atoms with Crippen molar-refractivity contribution in [1.29, 1.82) is 0 Å². The van der Waals surface area contributed by atoms with Crippen LogP contribution in [-0.2, 0) is 0 Å². The molecule has 2 nitrogen and oxygen atoms in total. The van der Waals surface area contributed by atoms with Gasteiger partial charge in [-0.1, -0.05) is 243 Å². The lowest BCUT2D eigenvalue weighted by atomic mass is 9.93. The Balaban J connectivity index is 0.762. The molecule has 18 aromatic rings. The Morgan fingerprint density at radius 2 is 0.543 bits per heavy atom. The van der Waals surface area contributed by atoms with Crippen LogP contribution in [-0.4, -0.2) is 0 Å². The number of aryl methyl sites for hydroxylation is 2. The SMILES string of the molecule is Cc1cc(-c2ccc(N(c3ccc(-c4cc5ccccc5c5ccccc45)cc3)c3ccccc3-c3cccc4c3sc3ccccc34)c(C)c2)ccc1N(c1ccc(-c2cc3ccccc3c3ccccc23)cc1)c1ccccc1-c1cccc2c1sc1ccccc12. The minimum absolute atomic E-state index is 1.09. The molecule has 0 fully saturated rings. The Kier molecular flexibility index (Phi) is 13.4. The highest BCUT2D eigenvalue weighted by Crippen LogP contribution is 2.51. The quantitative estimate of drug-likeness (QED) is 0.119. The van der Waals surface area contributed by atoms with E-state index in [0.717, 1.165) is 45.3 Å². The minimum atomic E-state index is 1.09. The van der Waals surface area contributed by atoms with E-state index in [0.29, 0.717) is 0 Å². The van der Waals surface area contributed by atoms with E-state index in [4.69, 9.17) is 0 Å². The molecule has 0 N–H and O–H groups in total. The summed E-state index contributed by atoms with van der Waals surface area (Å²) in [5.74, 6) is 0. The molecule has 0 unspecified atom stereocenters. The average Bonchev–Trinajstić information content (AvgIpc) is 1.59. The van der Waals surface area contributed by atoms with Crippen molar-refractivity contribution in [2.24, 2.45) is 0 Å². The second-order valence-electron chi connectivity index (χ2n) is 24.7. The average molecular weight is 1230 g/mol. The van der Waals surface area contributed by atoms with Crippen molar-refractivity contribution in [2.45, 2.75) is 13.8 Å². The van der Waals surface area contributed by atoms with Gasteiger partial charge in [0.15, 0.2) is 0 Å². The predicted octanol–water partition coefficient (Wildman–Crippen LogP) is 26.9. The molecule has 0 aliphatic carbocycles. The Hall–Kier alpha value is -11.4. The van der Waals surface area contributed by atoms with Crippen molar-refractivity contribution in [3.05, 3.63) is 339 Å². The molecule has 0 aliphatic rings. The topological polar surface area (TPSA) is 6.48 Å². The van der Waals surface area contributed by atoms with Gasteiger partial charge in [-0.25, -0.2) is 0 Å². The molecule has 0 radical (unpaired) electrons. The van der Waals surface area contributed by atoms with Gasteiger partial charge in [-0.3, -0.25) is 0 Å². The summed E-state index contributed by atoms with van der Waals surface area (Å²) in [6, 6.07) is 122. The molecule has 0 saturated carbocycles. The maximum absolute atomic E-state index is 2.49. The lowest BCUT2D eigenvalue weighted by Crippen LogP contribution is -2.13. The lowest BCUT2D eigenvalue weighted by Gasteiger charge is -2.30. The Bertz CT molecular complexity index is 5660. The first-order valence-electron chi connectivity index (χ1n) is 32.3. The zero-order chi connectivity index (χ0) is 62.4. The van der Waals surface area contributed by atoms with Crippen LogP contribution in [0.3, 0.4) is 0 Å². The van der Waals surface area contributed by atoms with E-state index in [1.54, 1.807) is 0 Å². The number of anilines is 6. The fourth-order valence-electron chi connectivity index (χ4n) is 14.9. The second-order valence-corrected chi connectivity index (χ2v) is 26.8. The summed E-state index contributed by atoms with van der Waals surface area (Å²) in [5.41, 5.74) is 21.0. The van der Waals surface area contributed by atoms with E-state index in [-0.39, 0.29) is 0 Å². The number of nitrogens with zero attached hydrogens (tertiary/aromatic N) is 2. The normalized spacial score (nSPS) is 11.7. The Labute approximate surface area is 554 Å². The summed E-state index contributed by atoms with van der Waals surface area (Å²) in [6.45, 7) is 4.55. The van der Waals surface area contributed by atoms with Gasteiger partial charge in [0.25, 0.3) is 0 Å². The van der Waals surface area contributed by atoms with Crippen LogP contribution >= 0.6 is 22.7 Å². The van der Waals surface area contributed by atoms with Crippen LogP contribution in [0.4, 0.5) is 34.1 Å². The largest absolute Gasteiger partial charge is 0.310 e. The molecular weight excluding hydrogens is 1170 g/mol. The molecule has 2 heterocycles. The second kappa shape index (κ2) is 22.8. The van der Waals surface area contributed by atoms with E-state index in [1.165, 1.54) is 139 Å². The third kappa shape index (κ3) is 9.28. The third-order valence-electron chi connectivity index (χ3n) is 19.3. The summed E-state index contributed by atoms with van der Waals surface area (Å²) < 4.78 is 5.18. The molecule has 94 heavy (non-hydrogen) atoms. The first-order valence-corrected chi connectivity index (χ1v) is 33.9. The highest BCUT2D eigenvalue weighted by Gasteiger charge is 2.25. The van der Waals surface area contributed by atoms with Gasteiger partial charge in [0.05, 0.1) is 11.4 Å². The number of para-hydroxylation sites is 2. The Morgan fingerprint density at radius 3 is 0.968 bits per heavy atom.